The highest BCUT2D eigenvalue weighted by Crippen LogP contribution is 2.38. The lowest BCUT2D eigenvalue weighted by atomic mass is 10.3. The van der Waals surface area contributed by atoms with E-state index in [0.717, 1.165) is 6.42 Å². The maximum Gasteiger partial charge on any atom is 0.443 e. The van der Waals surface area contributed by atoms with Crippen LogP contribution in [0.4, 0.5) is 13.2 Å². The van der Waals surface area contributed by atoms with Crippen LogP contribution in [0.2, 0.25) is 0 Å². The summed E-state index contributed by atoms with van der Waals surface area (Å²) < 4.78 is 46.7. The second-order valence-corrected chi connectivity index (χ2v) is 3.92. The van der Waals surface area contributed by atoms with Crippen LogP contribution in [0.1, 0.15) is 26.7 Å². The number of unbranched alkanes of at least 4 members (excludes halogenated alkanes) is 1. The fourth-order valence-electron chi connectivity index (χ4n) is 0.996. The van der Waals surface area contributed by atoms with Gasteiger partial charge < -0.3 is 9.47 Å². The lowest BCUT2D eigenvalue weighted by Crippen LogP contribution is -2.50. The number of hydrogen-bond donors (Lipinski definition) is 0. The molecule has 0 heterocycles. The predicted octanol–water partition coefficient (Wildman–Crippen LogP) is 3.42. The van der Waals surface area contributed by atoms with Gasteiger partial charge in [0.15, 0.2) is 0 Å². The smallest absolute Gasteiger partial charge is 0.443 e. The average Bonchev–Trinajstić information content (AvgIpc) is 2.27. The van der Waals surface area contributed by atoms with Crippen LogP contribution in [0.5, 0.6) is 0 Å². The molecule has 1 atom stereocenters. The first-order chi connectivity index (χ1) is 8.29. The minimum Gasteiger partial charge on any atom is -0.463 e. The van der Waals surface area contributed by atoms with Gasteiger partial charge in [0.25, 0.3) is 0 Å². The molecule has 0 aliphatic carbocycles. The van der Waals surface area contributed by atoms with Crippen LogP contribution in [0.15, 0.2) is 12.2 Å². The summed E-state index contributed by atoms with van der Waals surface area (Å²) in [5.74, 6) is -1.65. The SMILES string of the molecule is CCC/C=C/CO[C@](Cl)(C(=O)OCC)C(F)(F)F. The molecule has 0 saturated carbocycles. The summed E-state index contributed by atoms with van der Waals surface area (Å²) in [6.07, 6.45) is -0.437. The van der Waals surface area contributed by atoms with Crippen molar-refractivity contribution in [1.29, 1.82) is 0 Å². The normalized spacial score (nSPS) is 15.7. The van der Waals surface area contributed by atoms with Crippen LogP contribution in [-0.2, 0) is 14.3 Å². The van der Waals surface area contributed by atoms with E-state index in [2.05, 4.69) is 9.47 Å². The molecule has 18 heavy (non-hydrogen) atoms. The van der Waals surface area contributed by atoms with Crippen molar-refractivity contribution in [1.82, 2.24) is 0 Å². The summed E-state index contributed by atoms with van der Waals surface area (Å²) in [4.78, 5) is 11.2. The number of hydrogen-bond acceptors (Lipinski definition) is 3. The van der Waals surface area contributed by atoms with Gasteiger partial charge in [-0.25, -0.2) is 4.79 Å². The van der Waals surface area contributed by atoms with E-state index in [1.54, 1.807) is 6.08 Å². The molecule has 106 valence electrons. The fraction of sp³-hybridized carbons (Fsp3) is 0.727. The van der Waals surface area contributed by atoms with Gasteiger partial charge in [-0.15, -0.1) is 0 Å². The van der Waals surface area contributed by atoms with Crippen molar-refractivity contribution >= 4 is 17.6 Å². The van der Waals surface area contributed by atoms with E-state index in [0.29, 0.717) is 6.42 Å². The van der Waals surface area contributed by atoms with Crippen molar-refractivity contribution in [2.24, 2.45) is 0 Å². The zero-order valence-electron chi connectivity index (χ0n) is 10.2. The average molecular weight is 289 g/mol. The number of halogens is 4. The minimum atomic E-state index is -5.04. The van der Waals surface area contributed by atoms with E-state index in [-0.39, 0.29) is 6.61 Å². The van der Waals surface area contributed by atoms with Crippen molar-refractivity contribution < 1.29 is 27.4 Å². The molecule has 0 aliphatic rings. The molecular formula is C11H16ClF3O3. The van der Waals surface area contributed by atoms with Crippen molar-refractivity contribution in [2.75, 3.05) is 13.2 Å². The third kappa shape index (κ3) is 4.86. The molecule has 3 nitrogen and oxygen atoms in total. The highest BCUT2D eigenvalue weighted by Gasteiger charge is 2.62. The zero-order chi connectivity index (χ0) is 14.2. The second-order valence-electron chi connectivity index (χ2n) is 3.38. The molecule has 0 aromatic carbocycles. The third-order valence-electron chi connectivity index (χ3n) is 1.90. The van der Waals surface area contributed by atoms with E-state index in [9.17, 15) is 18.0 Å². The highest BCUT2D eigenvalue weighted by atomic mass is 35.5. The van der Waals surface area contributed by atoms with Crippen molar-refractivity contribution in [2.45, 2.75) is 37.9 Å². The number of carbonyl (C=O) groups is 1. The van der Waals surface area contributed by atoms with Crippen LogP contribution in [0.3, 0.4) is 0 Å². The first-order valence-corrected chi connectivity index (χ1v) is 5.89. The zero-order valence-corrected chi connectivity index (χ0v) is 11.0. The maximum absolute atomic E-state index is 12.7. The van der Waals surface area contributed by atoms with Gasteiger partial charge in [-0.05, 0) is 13.3 Å². The van der Waals surface area contributed by atoms with Crippen LogP contribution in [-0.4, -0.2) is 30.4 Å². The summed E-state index contributed by atoms with van der Waals surface area (Å²) in [5.41, 5.74) is 0. The Morgan fingerprint density at radius 2 is 1.89 bits per heavy atom. The molecule has 7 heteroatoms. The number of allylic oxidation sites excluding steroid dienone is 1. The number of esters is 1. The highest BCUT2D eigenvalue weighted by molar-refractivity contribution is 6.33. The van der Waals surface area contributed by atoms with E-state index in [1.807, 2.05) is 6.92 Å². The molecule has 0 aromatic heterocycles. The molecule has 0 aliphatic heterocycles. The first kappa shape index (κ1) is 17.2. The molecule has 0 bridgehead atoms. The third-order valence-corrected chi connectivity index (χ3v) is 2.38. The Balaban J connectivity index is 4.64. The van der Waals surface area contributed by atoms with Crippen LogP contribution in [0.25, 0.3) is 0 Å². The van der Waals surface area contributed by atoms with Gasteiger partial charge in [0, 0.05) is 0 Å². The molecule has 0 N–H and O–H groups in total. The molecular weight excluding hydrogens is 273 g/mol. The molecule has 0 unspecified atom stereocenters. The Bertz CT molecular complexity index is 292. The van der Waals surface area contributed by atoms with Gasteiger partial charge in [0.1, 0.15) is 0 Å². The Morgan fingerprint density at radius 3 is 2.33 bits per heavy atom. The quantitative estimate of drug-likeness (QED) is 0.409. The number of alkyl halides is 4. The van der Waals surface area contributed by atoms with Crippen LogP contribution < -0.4 is 0 Å². The first-order valence-electron chi connectivity index (χ1n) is 5.51. The van der Waals surface area contributed by atoms with Crippen molar-refractivity contribution in [3.8, 4) is 0 Å². The van der Waals surface area contributed by atoms with Crippen molar-refractivity contribution in [3.63, 3.8) is 0 Å². The summed E-state index contributed by atoms with van der Waals surface area (Å²) in [5, 5.41) is -3.44. The fourth-order valence-corrected chi connectivity index (χ4v) is 1.11. The lowest BCUT2D eigenvalue weighted by Gasteiger charge is -2.26. The number of carbonyl (C=O) groups excluding carboxylic acids is 1. The van der Waals surface area contributed by atoms with Gasteiger partial charge in [-0.2, -0.15) is 13.2 Å². The van der Waals surface area contributed by atoms with E-state index < -0.39 is 23.8 Å². The Kier molecular flexibility index (Phi) is 7.32. The largest absolute Gasteiger partial charge is 0.463 e. The molecule has 0 radical (unpaired) electrons. The van der Waals surface area contributed by atoms with E-state index >= 15 is 0 Å². The van der Waals surface area contributed by atoms with Gasteiger partial charge in [0.2, 0.25) is 0 Å². The molecule has 0 spiro atoms. The topological polar surface area (TPSA) is 35.5 Å². The van der Waals surface area contributed by atoms with Crippen molar-refractivity contribution in [3.05, 3.63) is 12.2 Å². The Morgan fingerprint density at radius 1 is 1.28 bits per heavy atom. The van der Waals surface area contributed by atoms with Gasteiger partial charge in [-0.1, -0.05) is 37.1 Å². The lowest BCUT2D eigenvalue weighted by molar-refractivity contribution is -0.244. The van der Waals surface area contributed by atoms with Gasteiger partial charge in [0.05, 0.1) is 13.2 Å². The summed E-state index contributed by atoms with van der Waals surface area (Å²) in [7, 11) is 0. The van der Waals surface area contributed by atoms with Gasteiger partial charge >= 0.3 is 17.2 Å². The summed E-state index contributed by atoms with van der Waals surface area (Å²) in [6.45, 7) is 2.68. The monoisotopic (exact) mass is 288 g/mol. The van der Waals surface area contributed by atoms with E-state index in [1.165, 1.54) is 13.0 Å². The maximum atomic E-state index is 12.7. The van der Waals surface area contributed by atoms with E-state index in [4.69, 9.17) is 11.6 Å². The molecule has 0 aromatic rings. The summed E-state index contributed by atoms with van der Waals surface area (Å²) >= 11 is 5.20. The summed E-state index contributed by atoms with van der Waals surface area (Å²) in [6, 6.07) is 0. The predicted molar refractivity (Wildman–Crippen MR) is 61.3 cm³/mol. The molecule has 0 rings (SSSR count). The van der Waals surface area contributed by atoms with Crippen LogP contribution >= 0.6 is 11.6 Å². The minimum absolute atomic E-state index is 0.210. The second kappa shape index (κ2) is 7.63. The molecule has 0 amide bonds. The standard InChI is InChI=1S/C11H16ClF3O3/c1-3-5-6-7-8-18-10(12,11(13,14)15)9(16)17-4-2/h6-7H,3-5,8H2,1-2H3/b7-6+/t10-/m1/s1. The molecule has 0 saturated heterocycles. The number of ether oxygens (including phenoxy) is 2. The Hall–Kier alpha value is -0.750. The number of rotatable bonds is 7. The molecule has 0 fully saturated rings. The Labute approximate surface area is 109 Å². The van der Waals surface area contributed by atoms with Gasteiger partial charge in [-0.3, -0.25) is 0 Å². The van der Waals surface area contributed by atoms with Crippen LogP contribution in [0, 0.1) is 0 Å².